The first-order valence-corrected chi connectivity index (χ1v) is 14.4. The Morgan fingerprint density at radius 3 is 2.36 bits per heavy atom. The van der Waals surface area contributed by atoms with Crippen molar-refractivity contribution in [1.82, 2.24) is 0 Å². The predicted octanol–water partition coefficient (Wildman–Crippen LogP) is 10.9. The molecule has 0 fully saturated rings. The zero-order chi connectivity index (χ0) is 27.5. The first-order chi connectivity index (χ1) is 19.1. The van der Waals surface area contributed by atoms with Crippen LogP contribution in [0.15, 0.2) is 127 Å². The summed E-state index contributed by atoms with van der Waals surface area (Å²) in [6.45, 7) is 8.84. The second-order valence-corrected chi connectivity index (χ2v) is 10.5. The molecule has 0 atom stereocenters. The van der Waals surface area contributed by atoms with Crippen molar-refractivity contribution in [2.45, 2.75) is 59.8 Å². The van der Waals surface area contributed by atoms with Crippen LogP contribution in [0, 0.1) is 20.8 Å². The van der Waals surface area contributed by atoms with Gasteiger partial charge in [0.05, 0.1) is 0 Å². The summed E-state index contributed by atoms with van der Waals surface area (Å²) in [6.07, 6.45) is 25.3. The number of hydrogen-bond acceptors (Lipinski definition) is 0. The van der Waals surface area contributed by atoms with Gasteiger partial charge in [-0.15, -0.1) is 0 Å². The lowest BCUT2D eigenvalue weighted by Crippen LogP contribution is -2.01. The van der Waals surface area contributed by atoms with Gasteiger partial charge in [0, 0.05) is 0 Å². The molecule has 0 bridgehead atoms. The number of aryl methyl sites for hydroxylation is 3. The number of rotatable bonds is 10. The maximum atomic E-state index is 2.49. The van der Waals surface area contributed by atoms with E-state index in [0.717, 1.165) is 32.1 Å². The van der Waals surface area contributed by atoms with E-state index in [2.05, 4.69) is 149 Å². The fraction of sp³-hybridized carbons (Fsp3) is 0.231. The Kier molecular flexibility index (Phi) is 10.3. The van der Waals surface area contributed by atoms with E-state index in [0.29, 0.717) is 0 Å². The van der Waals surface area contributed by atoms with Gasteiger partial charge in [-0.1, -0.05) is 134 Å². The highest BCUT2D eigenvalue weighted by Gasteiger charge is 2.15. The molecule has 0 saturated carbocycles. The standard InChI is InChI=1S/C39H42/c1-5-6-7-8-13-23-35(39-31(3)17-16-18-32(39)4)26-27-37(34-21-14-10-15-22-34)38-28-30(2)24-25-36(38)29-33-19-11-9-12-20-33/h6-14,16-21,23-25,27-28H,5,15,22,26,29H2,1-4H3/b7-6-,13-8-,35-23-,37-27-. The highest BCUT2D eigenvalue weighted by Crippen LogP contribution is 2.35. The Morgan fingerprint density at radius 1 is 0.846 bits per heavy atom. The number of benzene rings is 3. The van der Waals surface area contributed by atoms with E-state index in [4.69, 9.17) is 0 Å². The molecule has 0 aromatic heterocycles. The summed E-state index contributed by atoms with van der Waals surface area (Å²) in [6, 6.07) is 24.4. The number of allylic oxidation sites excluding steroid dienone is 12. The van der Waals surface area contributed by atoms with Gasteiger partial charge in [0.1, 0.15) is 0 Å². The lowest BCUT2D eigenvalue weighted by Gasteiger charge is -2.20. The molecule has 0 saturated heterocycles. The molecule has 0 heterocycles. The smallest absolute Gasteiger partial charge is 0.00196 e. The highest BCUT2D eigenvalue weighted by atomic mass is 14.2. The van der Waals surface area contributed by atoms with Crippen molar-refractivity contribution in [3.05, 3.63) is 166 Å². The second-order valence-electron chi connectivity index (χ2n) is 10.5. The van der Waals surface area contributed by atoms with Crippen molar-refractivity contribution in [2.75, 3.05) is 0 Å². The molecule has 0 spiro atoms. The summed E-state index contributed by atoms with van der Waals surface area (Å²) in [4.78, 5) is 0. The van der Waals surface area contributed by atoms with E-state index in [1.165, 1.54) is 55.7 Å². The summed E-state index contributed by atoms with van der Waals surface area (Å²) < 4.78 is 0. The summed E-state index contributed by atoms with van der Waals surface area (Å²) >= 11 is 0. The topological polar surface area (TPSA) is 0 Å². The number of hydrogen-bond donors (Lipinski definition) is 0. The third-order valence-corrected chi connectivity index (χ3v) is 7.37. The van der Waals surface area contributed by atoms with Crippen molar-refractivity contribution in [1.29, 1.82) is 0 Å². The third-order valence-electron chi connectivity index (χ3n) is 7.37. The van der Waals surface area contributed by atoms with Crippen LogP contribution in [0.25, 0.3) is 11.1 Å². The SMILES string of the molecule is CC\C=C/C=C\C=C(\C/C=C(/C1=CC=CCC1)c1cc(C)ccc1Cc1ccccc1)c1c(C)cccc1C. The van der Waals surface area contributed by atoms with E-state index in [-0.39, 0.29) is 0 Å². The molecule has 0 heteroatoms. The highest BCUT2D eigenvalue weighted by molar-refractivity contribution is 5.84. The van der Waals surface area contributed by atoms with Crippen molar-refractivity contribution in [2.24, 2.45) is 0 Å². The van der Waals surface area contributed by atoms with Crippen molar-refractivity contribution in [3.8, 4) is 0 Å². The van der Waals surface area contributed by atoms with Crippen LogP contribution in [0.4, 0.5) is 0 Å². The minimum Gasteiger partial charge on any atom is -0.0848 e. The quantitative estimate of drug-likeness (QED) is 0.238. The Bertz CT molecular complexity index is 1410. The van der Waals surface area contributed by atoms with Gasteiger partial charge in [-0.25, -0.2) is 0 Å². The fourth-order valence-electron chi connectivity index (χ4n) is 5.39. The van der Waals surface area contributed by atoms with Gasteiger partial charge >= 0.3 is 0 Å². The second kappa shape index (κ2) is 14.3. The Labute approximate surface area is 236 Å². The van der Waals surface area contributed by atoms with Crippen LogP contribution in [0.3, 0.4) is 0 Å². The van der Waals surface area contributed by atoms with Gasteiger partial charge in [0.25, 0.3) is 0 Å². The minimum atomic E-state index is 0.878. The predicted molar refractivity (Wildman–Crippen MR) is 172 cm³/mol. The van der Waals surface area contributed by atoms with Crippen LogP contribution >= 0.6 is 0 Å². The van der Waals surface area contributed by atoms with Crippen LogP contribution in [-0.2, 0) is 6.42 Å². The summed E-state index contributed by atoms with van der Waals surface area (Å²) in [5.74, 6) is 0. The Hall–Kier alpha value is -3.90. The molecule has 0 N–H and O–H groups in total. The van der Waals surface area contributed by atoms with Crippen molar-refractivity contribution < 1.29 is 0 Å². The van der Waals surface area contributed by atoms with E-state index < -0.39 is 0 Å². The summed E-state index contributed by atoms with van der Waals surface area (Å²) in [5.41, 5.74) is 13.6. The molecule has 1 aliphatic rings. The van der Waals surface area contributed by atoms with Crippen molar-refractivity contribution >= 4 is 11.1 Å². The van der Waals surface area contributed by atoms with E-state index >= 15 is 0 Å². The molecule has 0 nitrogen and oxygen atoms in total. The van der Waals surface area contributed by atoms with Gasteiger partial charge < -0.3 is 0 Å². The van der Waals surface area contributed by atoms with Crippen LogP contribution < -0.4 is 0 Å². The van der Waals surface area contributed by atoms with Gasteiger partial charge in [-0.3, -0.25) is 0 Å². The molecule has 4 rings (SSSR count). The Morgan fingerprint density at radius 2 is 1.64 bits per heavy atom. The first kappa shape index (κ1) is 28.1. The lowest BCUT2D eigenvalue weighted by molar-refractivity contribution is 0.992. The largest absolute Gasteiger partial charge is 0.0848 e. The molecule has 0 unspecified atom stereocenters. The van der Waals surface area contributed by atoms with Crippen LogP contribution in [0.2, 0.25) is 0 Å². The summed E-state index contributed by atoms with van der Waals surface area (Å²) in [7, 11) is 0. The average molecular weight is 511 g/mol. The van der Waals surface area contributed by atoms with Gasteiger partial charge in [0.15, 0.2) is 0 Å². The maximum absolute atomic E-state index is 2.49. The normalized spacial score (nSPS) is 14.4. The molecular weight excluding hydrogens is 468 g/mol. The molecule has 198 valence electrons. The van der Waals surface area contributed by atoms with Crippen LogP contribution in [0.5, 0.6) is 0 Å². The molecule has 0 aliphatic heterocycles. The van der Waals surface area contributed by atoms with Gasteiger partial charge in [-0.05, 0) is 103 Å². The van der Waals surface area contributed by atoms with Gasteiger partial charge in [0.2, 0.25) is 0 Å². The zero-order valence-corrected chi connectivity index (χ0v) is 24.1. The van der Waals surface area contributed by atoms with E-state index in [9.17, 15) is 0 Å². The Balaban J connectivity index is 1.81. The molecule has 1 aliphatic carbocycles. The molecule has 3 aromatic carbocycles. The monoisotopic (exact) mass is 510 g/mol. The lowest BCUT2D eigenvalue weighted by atomic mass is 9.85. The molecular formula is C39H42. The maximum Gasteiger partial charge on any atom is -0.00196 e. The average Bonchev–Trinajstić information content (AvgIpc) is 2.95. The zero-order valence-electron chi connectivity index (χ0n) is 24.1. The van der Waals surface area contributed by atoms with Gasteiger partial charge in [-0.2, -0.15) is 0 Å². The first-order valence-electron chi connectivity index (χ1n) is 14.4. The molecule has 39 heavy (non-hydrogen) atoms. The molecule has 0 radical (unpaired) electrons. The van der Waals surface area contributed by atoms with Crippen molar-refractivity contribution in [3.63, 3.8) is 0 Å². The summed E-state index contributed by atoms with van der Waals surface area (Å²) in [5, 5.41) is 0. The minimum absolute atomic E-state index is 0.878. The van der Waals surface area contributed by atoms with Crippen LogP contribution in [-0.4, -0.2) is 0 Å². The van der Waals surface area contributed by atoms with Crippen LogP contribution in [0.1, 0.15) is 71.6 Å². The van der Waals surface area contributed by atoms with E-state index in [1.807, 2.05) is 0 Å². The third kappa shape index (κ3) is 7.80. The fourth-order valence-corrected chi connectivity index (χ4v) is 5.39. The molecule has 3 aromatic rings. The van der Waals surface area contributed by atoms with E-state index in [1.54, 1.807) is 0 Å². The molecule has 0 amide bonds.